The number of carbonyl (C=O) groups is 1. The highest BCUT2D eigenvalue weighted by atomic mass is 32.2. The molecule has 2 aliphatic heterocycles. The van der Waals surface area contributed by atoms with Crippen LogP contribution in [0, 0.1) is 0 Å². The lowest BCUT2D eigenvalue weighted by atomic mass is 10.0. The van der Waals surface area contributed by atoms with E-state index in [-0.39, 0.29) is 16.2 Å². The Bertz CT molecular complexity index is 1150. The highest BCUT2D eigenvalue weighted by Gasteiger charge is 2.41. The fourth-order valence-electron chi connectivity index (χ4n) is 4.38. The number of carbonyl (C=O) groups excluding carboxylic acids is 1. The van der Waals surface area contributed by atoms with Crippen molar-refractivity contribution in [1.82, 2.24) is 9.29 Å². The van der Waals surface area contributed by atoms with Crippen molar-refractivity contribution in [2.24, 2.45) is 0 Å². The molecule has 0 spiro atoms. The van der Waals surface area contributed by atoms with Crippen LogP contribution in [0.5, 0.6) is 0 Å². The summed E-state index contributed by atoms with van der Waals surface area (Å²) in [5.41, 5.74) is 0.837. The van der Waals surface area contributed by atoms with Crippen LogP contribution >= 0.6 is 22.7 Å². The maximum absolute atomic E-state index is 13.9. The lowest BCUT2D eigenvalue weighted by Gasteiger charge is -2.36. The number of amides is 1. The fraction of sp³-hybridized carbons (Fsp3) is 0.455. The molecule has 2 atom stereocenters. The molecule has 32 heavy (non-hydrogen) atoms. The van der Waals surface area contributed by atoms with Crippen LogP contribution in [-0.2, 0) is 19.6 Å². The summed E-state index contributed by atoms with van der Waals surface area (Å²) in [4.78, 5) is 20.3. The molecule has 10 heteroatoms. The summed E-state index contributed by atoms with van der Waals surface area (Å²) >= 11 is 2.65. The first-order valence-corrected chi connectivity index (χ1v) is 14.0. The van der Waals surface area contributed by atoms with Crippen LogP contribution in [0.2, 0.25) is 0 Å². The molecule has 0 N–H and O–H groups in total. The van der Waals surface area contributed by atoms with Crippen LogP contribution in [0.25, 0.3) is 10.2 Å². The third-order valence-corrected chi connectivity index (χ3v) is 10.3. The van der Waals surface area contributed by atoms with Crippen molar-refractivity contribution in [3.05, 3.63) is 41.8 Å². The molecule has 1 aromatic carbocycles. The number of thiazole rings is 1. The predicted molar refractivity (Wildman–Crippen MR) is 127 cm³/mol. The summed E-state index contributed by atoms with van der Waals surface area (Å²) in [6.45, 7) is 1.43. The van der Waals surface area contributed by atoms with Crippen LogP contribution < -0.4 is 4.90 Å². The summed E-state index contributed by atoms with van der Waals surface area (Å²) in [6.07, 6.45) is 3.88. The quantitative estimate of drug-likeness (QED) is 0.518. The van der Waals surface area contributed by atoms with Gasteiger partial charge in [-0.1, -0.05) is 36.0 Å². The van der Waals surface area contributed by atoms with Gasteiger partial charge in [0.15, 0.2) is 5.13 Å². The first-order chi connectivity index (χ1) is 15.5. The zero-order valence-electron chi connectivity index (χ0n) is 17.6. The number of hydrogen-bond donors (Lipinski definition) is 0. The van der Waals surface area contributed by atoms with Gasteiger partial charge in [-0.2, -0.15) is 4.31 Å². The smallest absolute Gasteiger partial charge is 0.253 e. The van der Waals surface area contributed by atoms with Gasteiger partial charge in [0.05, 0.1) is 22.9 Å². The van der Waals surface area contributed by atoms with E-state index in [0.717, 1.165) is 35.9 Å². The van der Waals surface area contributed by atoms with Crippen molar-refractivity contribution in [2.75, 3.05) is 24.6 Å². The maximum Gasteiger partial charge on any atom is 0.253 e. The number of para-hydroxylation sites is 1. The zero-order chi connectivity index (χ0) is 22.1. The molecular formula is C22H25N3O4S3. The molecule has 0 radical (unpaired) electrons. The van der Waals surface area contributed by atoms with E-state index in [2.05, 4.69) is 0 Å². The number of piperidine rings is 1. The number of ether oxygens (including phenoxy) is 1. The van der Waals surface area contributed by atoms with Crippen LogP contribution in [0.15, 0.2) is 46.0 Å². The van der Waals surface area contributed by atoms with Crippen LogP contribution in [0.3, 0.4) is 0 Å². The Kier molecular flexibility index (Phi) is 6.31. The monoisotopic (exact) mass is 491 g/mol. The zero-order valence-corrected chi connectivity index (χ0v) is 20.0. The summed E-state index contributed by atoms with van der Waals surface area (Å²) < 4.78 is 35.2. The van der Waals surface area contributed by atoms with Crippen LogP contribution in [-0.4, -0.2) is 55.5 Å². The lowest BCUT2D eigenvalue weighted by Crippen LogP contribution is -2.54. The summed E-state index contributed by atoms with van der Waals surface area (Å²) in [6, 6.07) is 10.4. The predicted octanol–water partition coefficient (Wildman–Crippen LogP) is 4.11. The van der Waals surface area contributed by atoms with Crippen molar-refractivity contribution in [1.29, 1.82) is 0 Å². The third kappa shape index (κ3) is 4.22. The van der Waals surface area contributed by atoms with Gasteiger partial charge in [0.1, 0.15) is 10.3 Å². The second-order valence-electron chi connectivity index (χ2n) is 8.11. The number of aromatic nitrogens is 1. The van der Waals surface area contributed by atoms with E-state index >= 15 is 0 Å². The van der Waals surface area contributed by atoms with Crippen molar-refractivity contribution < 1.29 is 17.9 Å². The highest BCUT2D eigenvalue weighted by molar-refractivity contribution is 7.91. The molecule has 2 unspecified atom stereocenters. The molecular weight excluding hydrogens is 466 g/mol. The number of sulfonamides is 1. The van der Waals surface area contributed by atoms with E-state index in [9.17, 15) is 13.2 Å². The number of thiophene rings is 1. The molecule has 170 valence electrons. The molecule has 2 aliphatic rings. The Labute approximate surface area is 195 Å². The van der Waals surface area contributed by atoms with Crippen LogP contribution in [0.1, 0.15) is 32.1 Å². The van der Waals surface area contributed by atoms with Crippen molar-refractivity contribution in [3.8, 4) is 0 Å². The Morgan fingerprint density at radius 3 is 2.78 bits per heavy atom. The van der Waals surface area contributed by atoms with Gasteiger partial charge in [-0.3, -0.25) is 9.69 Å². The topological polar surface area (TPSA) is 79.8 Å². The van der Waals surface area contributed by atoms with E-state index < -0.39 is 16.1 Å². The van der Waals surface area contributed by atoms with Crippen molar-refractivity contribution in [3.63, 3.8) is 0 Å². The minimum absolute atomic E-state index is 0.0584. The Morgan fingerprint density at radius 2 is 2.03 bits per heavy atom. The highest BCUT2D eigenvalue weighted by Crippen LogP contribution is 2.33. The minimum Gasteiger partial charge on any atom is -0.376 e. The van der Waals surface area contributed by atoms with E-state index in [0.29, 0.717) is 31.2 Å². The lowest BCUT2D eigenvalue weighted by molar-refractivity contribution is -0.123. The molecule has 4 heterocycles. The van der Waals surface area contributed by atoms with E-state index in [1.807, 2.05) is 24.3 Å². The van der Waals surface area contributed by atoms with E-state index in [1.54, 1.807) is 22.4 Å². The standard InChI is InChI=1S/C22H25N3O4S3/c26-21(18-9-3-4-12-25(18)32(27,28)20-11-6-14-30-20)24(15-16-7-5-13-29-16)22-23-17-8-1-2-10-19(17)31-22/h1-2,6,8,10-11,14,16,18H,3-5,7,9,12-13,15H2. The maximum atomic E-state index is 13.9. The second-order valence-corrected chi connectivity index (χ2v) is 12.2. The van der Waals surface area contributed by atoms with Gasteiger partial charge in [-0.25, -0.2) is 13.4 Å². The number of hydrogen-bond acceptors (Lipinski definition) is 7. The molecule has 2 aromatic heterocycles. The molecule has 2 fully saturated rings. The molecule has 0 saturated carbocycles. The molecule has 3 aromatic rings. The average Bonchev–Trinajstić information content (AvgIpc) is 3.58. The van der Waals surface area contributed by atoms with Crippen molar-refractivity contribution in [2.45, 2.75) is 48.5 Å². The van der Waals surface area contributed by atoms with Gasteiger partial charge >= 0.3 is 0 Å². The molecule has 1 amide bonds. The minimum atomic E-state index is -3.72. The van der Waals surface area contributed by atoms with E-state index in [1.165, 1.54) is 27.0 Å². The number of anilines is 1. The van der Waals surface area contributed by atoms with Gasteiger partial charge in [0.25, 0.3) is 10.0 Å². The van der Waals surface area contributed by atoms with Gasteiger partial charge in [0.2, 0.25) is 5.91 Å². The first kappa shape index (κ1) is 22.0. The Morgan fingerprint density at radius 1 is 1.16 bits per heavy atom. The van der Waals surface area contributed by atoms with Crippen molar-refractivity contribution >= 4 is 54.0 Å². The van der Waals surface area contributed by atoms with Crippen LogP contribution in [0.4, 0.5) is 5.13 Å². The Hall–Kier alpha value is -1.85. The molecule has 0 aliphatic carbocycles. The molecule has 7 nitrogen and oxygen atoms in total. The van der Waals surface area contributed by atoms with Gasteiger partial charge in [-0.15, -0.1) is 11.3 Å². The fourth-order valence-corrected chi connectivity index (χ4v) is 8.13. The third-order valence-electron chi connectivity index (χ3n) is 5.99. The molecule has 5 rings (SSSR count). The van der Waals surface area contributed by atoms with E-state index in [4.69, 9.17) is 9.72 Å². The van der Waals surface area contributed by atoms with Gasteiger partial charge < -0.3 is 4.74 Å². The normalized spacial score (nSPS) is 22.4. The summed E-state index contributed by atoms with van der Waals surface area (Å²) in [5, 5.41) is 2.35. The Balaban J connectivity index is 1.50. The molecule has 0 bridgehead atoms. The number of rotatable bonds is 6. The largest absolute Gasteiger partial charge is 0.376 e. The SMILES string of the molecule is O=C(C1CCCCN1S(=O)(=O)c1cccs1)N(CC1CCCO1)c1nc2ccccc2s1. The van der Waals surface area contributed by atoms with Gasteiger partial charge in [0, 0.05) is 13.2 Å². The summed E-state index contributed by atoms with van der Waals surface area (Å²) in [7, 11) is -3.72. The molecule has 2 saturated heterocycles. The summed E-state index contributed by atoms with van der Waals surface area (Å²) in [5.74, 6) is -0.209. The second kappa shape index (κ2) is 9.18. The van der Waals surface area contributed by atoms with Gasteiger partial charge in [-0.05, 0) is 49.3 Å². The first-order valence-electron chi connectivity index (χ1n) is 10.9. The number of fused-ring (bicyclic) bond motifs is 1. The number of benzene rings is 1. The number of nitrogens with zero attached hydrogens (tertiary/aromatic N) is 3. The average molecular weight is 492 g/mol.